The van der Waals surface area contributed by atoms with Crippen LogP contribution in [0.3, 0.4) is 0 Å². The van der Waals surface area contributed by atoms with Crippen molar-refractivity contribution in [3.8, 4) is 5.75 Å². The second-order valence-corrected chi connectivity index (χ2v) is 5.30. The molecule has 1 aliphatic heterocycles. The standard InChI is InChI=1S/C17H16N2O3/c1-11-4-2-3-5-15(11)19-16(21)10-14(17(19)22)18-12-6-8-13(20)9-7-12/h2-9,14,18,20H,10H2,1H3. The molecule has 3 rings (SSSR count). The zero-order valence-corrected chi connectivity index (χ0v) is 12.1. The third-order valence-electron chi connectivity index (χ3n) is 3.71. The molecular weight excluding hydrogens is 280 g/mol. The van der Waals surface area contributed by atoms with E-state index in [1.807, 2.05) is 25.1 Å². The maximum atomic E-state index is 12.5. The average Bonchev–Trinajstić information content (AvgIpc) is 2.77. The number of carbonyl (C=O) groups is 2. The number of rotatable bonds is 3. The Morgan fingerprint density at radius 2 is 1.77 bits per heavy atom. The topological polar surface area (TPSA) is 69.6 Å². The first-order valence-electron chi connectivity index (χ1n) is 7.04. The molecule has 2 aromatic carbocycles. The van der Waals surface area contributed by atoms with Crippen molar-refractivity contribution in [2.24, 2.45) is 0 Å². The van der Waals surface area contributed by atoms with Gasteiger partial charge in [0.15, 0.2) is 0 Å². The summed E-state index contributed by atoms with van der Waals surface area (Å²) in [4.78, 5) is 26.0. The minimum Gasteiger partial charge on any atom is -0.508 e. The van der Waals surface area contributed by atoms with Gasteiger partial charge in [-0.2, -0.15) is 0 Å². The summed E-state index contributed by atoms with van der Waals surface area (Å²) in [7, 11) is 0. The summed E-state index contributed by atoms with van der Waals surface area (Å²) >= 11 is 0. The van der Waals surface area contributed by atoms with Crippen LogP contribution in [0.1, 0.15) is 12.0 Å². The van der Waals surface area contributed by atoms with Gasteiger partial charge in [-0.25, -0.2) is 4.90 Å². The number of benzene rings is 2. The molecule has 0 saturated carbocycles. The highest BCUT2D eigenvalue weighted by molar-refractivity contribution is 6.23. The number of aryl methyl sites for hydroxylation is 1. The van der Waals surface area contributed by atoms with Crippen LogP contribution in [0.4, 0.5) is 11.4 Å². The molecule has 2 N–H and O–H groups in total. The lowest BCUT2D eigenvalue weighted by Gasteiger charge is -2.18. The molecule has 1 unspecified atom stereocenters. The molecule has 1 atom stereocenters. The molecule has 2 amide bonds. The van der Waals surface area contributed by atoms with E-state index in [9.17, 15) is 14.7 Å². The average molecular weight is 296 g/mol. The van der Waals surface area contributed by atoms with Gasteiger partial charge in [-0.3, -0.25) is 9.59 Å². The number of phenolic OH excluding ortho intramolecular Hbond substituents is 1. The Morgan fingerprint density at radius 1 is 1.09 bits per heavy atom. The highest BCUT2D eigenvalue weighted by Gasteiger charge is 2.39. The maximum Gasteiger partial charge on any atom is 0.256 e. The van der Waals surface area contributed by atoms with Crippen LogP contribution >= 0.6 is 0 Å². The van der Waals surface area contributed by atoms with Gasteiger partial charge in [0, 0.05) is 5.69 Å². The number of imide groups is 1. The second kappa shape index (κ2) is 5.52. The van der Waals surface area contributed by atoms with E-state index in [1.165, 1.54) is 17.0 Å². The zero-order chi connectivity index (χ0) is 15.7. The summed E-state index contributed by atoms with van der Waals surface area (Å²) in [5, 5.41) is 12.3. The molecule has 0 radical (unpaired) electrons. The van der Waals surface area contributed by atoms with Crippen LogP contribution in [0.2, 0.25) is 0 Å². The summed E-state index contributed by atoms with van der Waals surface area (Å²) in [5.74, 6) is -0.316. The third-order valence-corrected chi connectivity index (χ3v) is 3.71. The Hall–Kier alpha value is -2.82. The van der Waals surface area contributed by atoms with Crippen molar-refractivity contribution in [1.29, 1.82) is 0 Å². The maximum absolute atomic E-state index is 12.5. The Morgan fingerprint density at radius 3 is 2.45 bits per heavy atom. The van der Waals surface area contributed by atoms with Gasteiger partial charge < -0.3 is 10.4 Å². The molecule has 112 valence electrons. The predicted octanol–water partition coefficient (Wildman–Crippen LogP) is 2.44. The highest BCUT2D eigenvalue weighted by atomic mass is 16.3. The Balaban J connectivity index is 1.82. The lowest BCUT2D eigenvalue weighted by molar-refractivity contribution is -0.121. The fraction of sp³-hybridized carbons (Fsp3) is 0.176. The number of nitrogens with one attached hydrogen (secondary N) is 1. The fourth-order valence-corrected chi connectivity index (χ4v) is 2.57. The predicted molar refractivity (Wildman–Crippen MR) is 83.8 cm³/mol. The van der Waals surface area contributed by atoms with Crippen LogP contribution in [0.25, 0.3) is 0 Å². The van der Waals surface area contributed by atoms with Gasteiger partial charge in [-0.15, -0.1) is 0 Å². The number of hydrogen-bond donors (Lipinski definition) is 2. The minimum absolute atomic E-state index is 0.119. The second-order valence-electron chi connectivity index (χ2n) is 5.30. The van der Waals surface area contributed by atoms with Crippen LogP contribution < -0.4 is 10.2 Å². The summed E-state index contributed by atoms with van der Waals surface area (Å²) < 4.78 is 0. The molecule has 5 heteroatoms. The minimum atomic E-state index is -0.586. The monoisotopic (exact) mass is 296 g/mol. The van der Waals surface area contributed by atoms with E-state index in [-0.39, 0.29) is 24.0 Å². The van der Waals surface area contributed by atoms with Crippen molar-refractivity contribution in [3.05, 3.63) is 54.1 Å². The van der Waals surface area contributed by atoms with Crippen molar-refractivity contribution in [1.82, 2.24) is 0 Å². The zero-order valence-electron chi connectivity index (χ0n) is 12.1. The quantitative estimate of drug-likeness (QED) is 0.674. The van der Waals surface area contributed by atoms with Gasteiger partial charge in [0.25, 0.3) is 5.91 Å². The number of amides is 2. The molecule has 0 bridgehead atoms. The number of para-hydroxylation sites is 1. The van der Waals surface area contributed by atoms with Gasteiger partial charge >= 0.3 is 0 Å². The van der Waals surface area contributed by atoms with Gasteiger partial charge in [-0.1, -0.05) is 18.2 Å². The van der Waals surface area contributed by atoms with Gasteiger partial charge in [0.2, 0.25) is 5.91 Å². The van der Waals surface area contributed by atoms with E-state index in [4.69, 9.17) is 0 Å². The molecule has 0 aromatic heterocycles. The largest absolute Gasteiger partial charge is 0.508 e. The first-order chi connectivity index (χ1) is 10.6. The summed E-state index contributed by atoms with van der Waals surface area (Å²) in [6.07, 6.45) is 0.119. The molecule has 1 saturated heterocycles. The van der Waals surface area contributed by atoms with Crippen LogP contribution in [-0.4, -0.2) is 23.0 Å². The number of nitrogens with zero attached hydrogens (tertiary/aromatic N) is 1. The number of phenols is 1. The van der Waals surface area contributed by atoms with E-state index in [2.05, 4.69) is 5.32 Å². The molecular formula is C17H16N2O3. The first-order valence-corrected chi connectivity index (χ1v) is 7.04. The van der Waals surface area contributed by atoms with Crippen LogP contribution in [0.15, 0.2) is 48.5 Å². The Bertz CT molecular complexity index is 725. The van der Waals surface area contributed by atoms with Crippen molar-refractivity contribution in [2.45, 2.75) is 19.4 Å². The molecule has 2 aromatic rings. The first kappa shape index (κ1) is 14.1. The molecule has 1 aliphatic rings. The molecule has 5 nitrogen and oxygen atoms in total. The number of anilines is 2. The van der Waals surface area contributed by atoms with Crippen molar-refractivity contribution >= 4 is 23.2 Å². The van der Waals surface area contributed by atoms with Crippen LogP contribution in [-0.2, 0) is 9.59 Å². The van der Waals surface area contributed by atoms with Gasteiger partial charge in [0.05, 0.1) is 12.1 Å². The van der Waals surface area contributed by atoms with E-state index in [0.717, 1.165) is 5.56 Å². The number of aromatic hydroxyl groups is 1. The van der Waals surface area contributed by atoms with Crippen molar-refractivity contribution in [3.63, 3.8) is 0 Å². The Labute approximate surface area is 128 Å². The molecule has 0 spiro atoms. The normalized spacial score (nSPS) is 17.9. The smallest absolute Gasteiger partial charge is 0.256 e. The third kappa shape index (κ3) is 2.53. The number of hydrogen-bond acceptors (Lipinski definition) is 4. The van der Waals surface area contributed by atoms with E-state index < -0.39 is 6.04 Å². The molecule has 1 heterocycles. The lowest BCUT2D eigenvalue weighted by Crippen LogP contribution is -2.35. The highest BCUT2D eigenvalue weighted by Crippen LogP contribution is 2.27. The summed E-state index contributed by atoms with van der Waals surface area (Å²) in [5.41, 5.74) is 2.21. The fourth-order valence-electron chi connectivity index (χ4n) is 2.57. The van der Waals surface area contributed by atoms with Crippen molar-refractivity contribution < 1.29 is 14.7 Å². The molecule has 0 aliphatic carbocycles. The summed E-state index contributed by atoms with van der Waals surface area (Å²) in [6, 6.07) is 13.1. The van der Waals surface area contributed by atoms with E-state index >= 15 is 0 Å². The van der Waals surface area contributed by atoms with Gasteiger partial charge in [-0.05, 0) is 42.8 Å². The van der Waals surface area contributed by atoms with Crippen LogP contribution in [0.5, 0.6) is 5.75 Å². The van der Waals surface area contributed by atoms with E-state index in [1.54, 1.807) is 18.2 Å². The number of carbonyl (C=O) groups excluding carboxylic acids is 2. The molecule has 1 fully saturated rings. The Kier molecular flexibility index (Phi) is 3.55. The van der Waals surface area contributed by atoms with Gasteiger partial charge in [0.1, 0.15) is 11.8 Å². The van der Waals surface area contributed by atoms with Crippen molar-refractivity contribution in [2.75, 3.05) is 10.2 Å². The van der Waals surface area contributed by atoms with E-state index in [0.29, 0.717) is 11.4 Å². The lowest BCUT2D eigenvalue weighted by atomic mass is 10.2. The summed E-state index contributed by atoms with van der Waals surface area (Å²) in [6.45, 7) is 1.87. The van der Waals surface area contributed by atoms with Crippen LogP contribution in [0, 0.1) is 6.92 Å². The molecule has 22 heavy (non-hydrogen) atoms. The SMILES string of the molecule is Cc1ccccc1N1C(=O)CC(Nc2ccc(O)cc2)C1=O.